The maximum atomic E-state index is 10.1. The average Bonchev–Trinajstić information content (AvgIpc) is 3.56. The molecule has 6 nitrogen and oxygen atoms in total. The van der Waals surface area contributed by atoms with E-state index in [-0.39, 0.29) is 19.0 Å². The van der Waals surface area contributed by atoms with Crippen molar-refractivity contribution in [2.24, 2.45) is 5.73 Å². The van der Waals surface area contributed by atoms with Gasteiger partial charge in [-0.1, -0.05) is 12.1 Å². The molecule has 0 unspecified atom stereocenters. The molecule has 1 fully saturated rings. The molecule has 0 aliphatic carbocycles. The minimum atomic E-state index is -0.403. The van der Waals surface area contributed by atoms with Crippen LogP contribution >= 0.6 is 11.3 Å². The molecular formula is C30H34N2O4S. The largest absolute Gasteiger partial charge is 0.508 e. The Bertz CT molecular complexity index is 1350. The van der Waals surface area contributed by atoms with E-state index in [0.717, 1.165) is 47.5 Å². The number of hydrogen-bond acceptors (Lipinski definition) is 7. The van der Waals surface area contributed by atoms with Gasteiger partial charge in [-0.2, -0.15) is 0 Å². The van der Waals surface area contributed by atoms with E-state index in [0.29, 0.717) is 5.75 Å². The standard InChI is InChI=1S/C30H34N2O4S/c1-35-28-15-20(4-5-22(28)17-32-12-2-3-13-32)14-27-26-11-8-24(34)16-29(26)37-30(27)21-6-9-25(10-7-21)36-19-23(31)18-33/h4-11,15-16,23,33-34H,2-3,12-14,17-19,31H2,1H3/t23-/m0/s1. The number of nitrogens with two attached hydrogens (primary N) is 1. The smallest absolute Gasteiger partial charge is 0.123 e. The van der Waals surface area contributed by atoms with Crippen molar-refractivity contribution in [2.45, 2.75) is 31.8 Å². The minimum Gasteiger partial charge on any atom is -0.508 e. The Kier molecular flexibility index (Phi) is 7.96. The predicted octanol–water partition coefficient (Wildman–Crippen LogP) is 5.17. The highest BCUT2D eigenvalue weighted by atomic mass is 32.1. The lowest BCUT2D eigenvalue weighted by Gasteiger charge is -2.18. The molecule has 37 heavy (non-hydrogen) atoms. The fraction of sp³-hybridized carbons (Fsp3) is 0.333. The van der Waals surface area contributed by atoms with E-state index >= 15 is 0 Å². The molecule has 0 spiro atoms. The average molecular weight is 519 g/mol. The summed E-state index contributed by atoms with van der Waals surface area (Å²) in [5.41, 5.74) is 10.5. The molecule has 0 amide bonds. The van der Waals surface area contributed by atoms with Gasteiger partial charge < -0.3 is 25.4 Å². The Balaban J connectivity index is 1.45. The molecule has 5 rings (SSSR count). The molecule has 2 heterocycles. The summed E-state index contributed by atoms with van der Waals surface area (Å²) in [6, 6.07) is 19.7. The van der Waals surface area contributed by atoms with Gasteiger partial charge in [-0.05, 0) is 103 Å². The number of likely N-dealkylation sites (tertiary alicyclic amines) is 1. The number of nitrogens with zero attached hydrogens (tertiary/aromatic N) is 1. The van der Waals surface area contributed by atoms with Crippen LogP contribution in [0.25, 0.3) is 20.5 Å². The maximum Gasteiger partial charge on any atom is 0.123 e. The summed E-state index contributed by atoms with van der Waals surface area (Å²) < 4.78 is 12.6. The van der Waals surface area contributed by atoms with Crippen molar-refractivity contribution in [1.82, 2.24) is 4.90 Å². The van der Waals surface area contributed by atoms with Gasteiger partial charge >= 0.3 is 0 Å². The molecule has 1 aromatic heterocycles. The number of thiophene rings is 1. The second kappa shape index (κ2) is 11.5. The molecule has 1 aliphatic rings. The summed E-state index contributed by atoms with van der Waals surface area (Å²) in [4.78, 5) is 3.65. The monoisotopic (exact) mass is 518 g/mol. The summed E-state index contributed by atoms with van der Waals surface area (Å²) in [5, 5.41) is 20.4. The number of phenols is 1. The Morgan fingerprint density at radius 2 is 1.81 bits per heavy atom. The number of hydrogen-bond donors (Lipinski definition) is 3. The zero-order valence-corrected chi connectivity index (χ0v) is 22.0. The predicted molar refractivity (Wildman–Crippen MR) is 150 cm³/mol. The third-order valence-corrected chi connectivity index (χ3v) is 8.16. The van der Waals surface area contributed by atoms with Crippen LogP contribution in [0.15, 0.2) is 60.7 Å². The number of aliphatic hydroxyl groups excluding tert-OH is 1. The van der Waals surface area contributed by atoms with Crippen molar-refractivity contribution >= 4 is 21.4 Å². The number of phenolic OH excluding ortho intramolecular Hbond substituents is 1. The number of rotatable bonds is 10. The van der Waals surface area contributed by atoms with Crippen molar-refractivity contribution in [2.75, 3.05) is 33.4 Å². The van der Waals surface area contributed by atoms with Gasteiger partial charge in [0.05, 0.1) is 19.8 Å². The number of aliphatic hydroxyl groups is 1. The first-order valence-corrected chi connectivity index (χ1v) is 13.6. The first-order valence-electron chi connectivity index (χ1n) is 12.8. The Labute approximate surface area is 221 Å². The molecule has 194 valence electrons. The maximum absolute atomic E-state index is 10.1. The van der Waals surface area contributed by atoms with Gasteiger partial charge in [0.25, 0.3) is 0 Å². The number of methoxy groups -OCH3 is 1. The van der Waals surface area contributed by atoms with Crippen LogP contribution in [0.3, 0.4) is 0 Å². The highest BCUT2D eigenvalue weighted by Crippen LogP contribution is 2.42. The van der Waals surface area contributed by atoms with Crippen molar-refractivity contribution < 1.29 is 19.7 Å². The van der Waals surface area contributed by atoms with Crippen molar-refractivity contribution in [3.05, 3.63) is 77.4 Å². The van der Waals surface area contributed by atoms with Gasteiger partial charge in [0.1, 0.15) is 23.9 Å². The van der Waals surface area contributed by atoms with E-state index in [1.54, 1.807) is 24.5 Å². The Morgan fingerprint density at radius 3 is 2.54 bits per heavy atom. The molecule has 0 saturated carbocycles. The Hall–Kier alpha value is -3.10. The highest BCUT2D eigenvalue weighted by molar-refractivity contribution is 7.22. The zero-order valence-electron chi connectivity index (χ0n) is 21.2. The molecule has 7 heteroatoms. The van der Waals surface area contributed by atoms with Crippen LogP contribution in [0.4, 0.5) is 0 Å². The topological polar surface area (TPSA) is 88.2 Å². The van der Waals surface area contributed by atoms with Crippen molar-refractivity contribution in [1.29, 1.82) is 0 Å². The van der Waals surface area contributed by atoms with E-state index in [4.69, 9.17) is 20.3 Å². The third kappa shape index (κ3) is 5.91. The van der Waals surface area contributed by atoms with Crippen molar-refractivity contribution in [3.63, 3.8) is 0 Å². The van der Waals surface area contributed by atoms with Gasteiger partial charge in [0.2, 0.25) is 0 Å². The van der Waals surface area contributed by atoms with Crippen molar-refractivity contribution in [3.8, 4) is 27.7 Å². The fourth-order valence-corrected chi connectivity index (χ4v) is 6.18. The van der Waals surface area contributed by atoms with E-state index in [1.807, 2.05) is 36.4 Å². The summed E-state index contributed by atoms with van der Waals surface area (Å²) in [6.07, 6.45) is 3.30. The lowest BCUT2D eigenvalue weighted by molar-refractivity contribution is 0.206. The summed E-state index contributed by atoms with van der Waals surface area (Å²) in [7, 11) is 1.75. The molecule has 1 atom stereocenters. The van der Waals surface area contributed by atoms with Gasteiger partial charge in [0.15, 0.2) is 0 Å². The van der Waals surface area contributed by atoms with E-state index in [2.05, 4.69) is 23.1 Å². The molecular weight excluding hydrogens is 484 g/mol. The first-order chi connectivity index (χ1) is 18.0. The summed E-state index contributed by atoms with van der Waals surface area (Å²) in [6.45, 7) is 3.38. The fourth-order valence-electron chi connectivity index (χ4n) is 4.92. The normalized spacial score (nSPS) is 14.8. The zero-order chi connectivity index (χ0) is 25.8. The quantitative estimate of drug-likeness (QED) is 0.269. The van der Waals surface area contributed by atoms with Crippen LogP contribution in [0.2, 0.25) is 0 Å². The van der Waals surface area contributed by atoms with Crippen LogP contribution in [0.5, 0.6) is 17.2 Å². The molecule has 1 aliphatic heterocycles. The molecule has 0 radical (unpaired) electrons. The molecule has 4 N–H and O–H groups in total. The number of benzene rings is 3. The first kappa shape index (κ1) is 25.5. The lowest BCUT2D eigenvalue weighted by Crippen LogP contribution is -2.31. The molecule has 0 bridgehead atoms. The highest BCUT2D eigenvalue weighted by Gasteiger charge is 2.18. The van der Waals surface area contributed by atoms with Gasteiger partial charge in [-0.25, -0.2) is 0 Å². The van der Waals surface area contributed by atoms with Gasteiger partial charge in [0, 0.05) is 21.7 Å². The van der Waals surface area contributed by atoms with Crippen LogP contribution in [0.1, 0.15) is 29.5 Å². The number of fused-ring (bicyclic) bond motifs is 1. The molecule has 1 saturated heterocycles. The minimum absolute atomic E-state index is 0.111. The van der Waals surface area contributed by atoms with E-state index in [1.165, 1.54) is 34.4 Å². The van der Waals surface area contributed by atoms with Crippen LogP contribution in [0, 0.1) is 0 Å². The third-order valence-electron chi connectivity index (χ3n) is 6.92. The second-order valence-corrected chi connectivity index (χ2v) is 10.7. The second-order valence-electron chi connectivity index (χ2n) is 9.67. The van der Waals surface area contributed by atoms with Crippen LogP contribution < -0.4 is 15.2 Å². The summed E-state index contributed by atoms with van der Waals surface area (Å²) in [5.74, 6) is 1.92. The van der Waals surface area contributed by atoms with E-state index in [9.17, 15) is 5.11 Å². The number of ether oxygens (including phenoxy) is 2. The van der Waals surface area contributed by atoms with Crippen LogP contribution in [-0.2, 0) is 13.0 Å². The lowest BCUT2D eigenvalue weighted by atomic mass is 9.97. The van der Waals surface area contributed by atoms with Gasteiger partial charge in [-0.15, -0.1) is 11.3 Å². The molecule has 4 aromatic rings. The SMILES string of the molecule is COc1cc(Cc2c(-c3ccc(OC[C@@H](N)CO)cc3)sc3cc(O)ccc23)ccc1CN1CCCC1. The number of aromatic hydroxyl groups is 1. The van der Waals surface area contributed by atoms with E-state index < -0.39 is 6.04 Å². The van der Waals surface area contributed by atoms with Gasteiger partial charge in [-0.3, -0.25) is 4.90 Å². The van der Waals surface area contributed by atoms with Crippen LogP contribution in [-0.4, -0.2) is 54.6 Å². The molecule has 3 aromatic carbocycles. The summed E-state index contributed by atoms with van der Waals surface area (Å²) >= 11 is 1.68. The Morgan fingerprint density at radius 1 is 1.03 bits per heavy atom.